The molecule has 0 bridgehead atoms. The predicted molar refractivity (Wildman–Crippen MR) is 69.2 cm³/mol. The average Bonchev–Trinajstić information content (AvgIpc) is 3.28. The van der Waals surface area contributed by atoms with Gasteiger partial charge in [0.15, 0.2) is 0 Å². The summed E-state index contributed by atoms with van der Waals surface area (Å²) in [6.45, 7) is 0.365. The van der Waals surface area contributed by atoms with Crippen molar-refractivity contribution in [1.82, 2.24) is 4.90 Å². The third-order valence-corrected chi connectivity index (χ3v) is 3.94. The van der Waals surface area contributed by atoms with Crippen molar-refractivity contribution in [2.75, 3.05) is 0 Å². The van der Waals surface area contributed by atoms with E-state index >= 15 is 0 Å². The first-order valence-corrected chi connectivity index (χ1v) is 6.84. The van der Waals surface area contributed by atoms with Crippen LogP contribution in [0.25, 0.3) is 0 Å². The minimum absolute atomic E-state index is 0.0934. The van der Waals surface area contributed by atoms with E-state index in [-0.39, 0.29) is 23.7 Å². The zero-order chi connectivity index (χ0) is 14.3. The summed E-state index contributed by atoms with van der Waals surface area (Å²) in [5.74, 6) is -2.23. The number of carbonyl (C=O) groups excluding carboxylic acids is 1. The summed E-state index contributed by atoms with van der Waals surface area (Å²) in [6, 6.07) is 6.39. The highest BCUT2D eigenvalue weighted by molar-refractivity contribution is 5.89. The maximum atomic E-state index is 13.2. The number of hydrogen-bond donors (Lipinski definition) is 1. The van der Waals surface area contributed by atoms with Crippen LogP contribution in [0.1, 0.15) is 24.8 Å². The first kappa shape index (κ1) is 13.1. The summed E-state index contributed by atoms with van der Waals surface area (Å²) in [4.78, 5) is 25.0. The highest BCUT2D eigenvalue weighted by Gasteiger charge is 2.51. The van der Waals surface area contributed by atoms with Gasteiger partial charge in [-0.05, 0) is 37.0 Å². The minimum atomic E-state index is -0.898. The molecule has 2 saturated carbocycles. The van der Waals surface area contributed by atoms with E-state index in [0.717, 1.165) is 18.4 Å². The first-order valence-electron chi connectivity index (χ1n) is 6.84. The van der Waals surface area contributed by atoms with E-state index in [4.69, 9.17) is 5.11 Å². The highest BCUT2D eigenvalue weighted by Crippen LogP contribution is 2.42. The Hall–Kier alpha value is -1.91. The normalized spacial score (nSPS) is 24.2. The highest BCUT2D eigenvalue weighted by atomic mass is 19.1. The maximum absolute atomic E-state index is 13.2. The van der Waals surface area contributed by atoms with Gasteiger partial charge in [-0.3, -0.25) is 9.59 Å². The predicted octanol–water partition coefficient (Wildman–Crippen LogP) is 2.04. The molecule has 1 amide bonds. The molecule has 106 valence electrons. The van der Waals surface area contributed by atoms with E-state index in [9.17, 15) is 14.0 Å². The Morgan fingerprint density at radius 1 is 1.30 bits per heavy atom. The molecule has 20 heavy (non-hydrogen) atoms. The first-order chi connectivity index (χ1) is 9.56. The van der Waals surface area contributed by atoms with Gasteiger partial charge in [-0.25, -0.2) is 4.39 Å². The van der Waals surface area contributed by atoms with Crippen LogP contribution in [0.4, 0.5) is 4.39 Å². The summed E-state index contributed by atoms with van der Waals surface area (Å²) in [5.41, 5.74) is 0.748. The second-order valence-corrected chi connectivity index (χ2v) is 5.61. The lowest BCUT2D eigenvalue weighted by Crippen LogP contribution is -2.34. The lowest BCUT2D eigenvalue weighted by molar-refractivity contribution is -0.142. The number of nitrogens with zero attached hydrogens (tertiary/aromatic N) is 1. The largest absolute Gasteiger partial charge is 0.481 e. The summed E-state index contributed by atoms with van der Waals surface area (Å²) in [6.07, 6.45) is 2.33. The molecule has 2 aliphatic carbocycles. The SMILES string of the molecule is O=C(O)C1CC1C(=O)N(Cc1cccc(F)c1)C1CC1. The number of halogens is 1. The van der Waals surface area contributed by atoms with E-state index in [1.165, 1.54) is 12.1 Å². The molecule has 0 saturated heterocycles. The Balaban J connectivity index is 1.70. The zero-order valence-corrected chi connectivity index (χ0v) is 11.0. The lowest BCUT2D eigenvalue weighted by atomic mass is 10.2. The van der Waals surface area contributed by atoms with E-state index in [2.05, 4.69) is 0 Å². The van der Waals surface area contributed by atoms with Crippen LogP contribution in [0.5, 0.6) is 0 Å². The van der Waals surface area contributed by atoms with Gasteiger partial charge in [-0.2, -0.15) is 0 Å². The molecule has 0 aliphatic heterocycles. The Labute approximate surface area is 116 Å². The Morgan fingerprint density at radius 2 is 2.05 bits per heavy atom. The van der Waals surface area contributed by atoms with E-state index in [1.54, 1.807) is 17.0 Å². The number of benzene rings is 1. The number of aliphatic carboxylic acids is 1. The van der Waals surface area contributed by atoms with Gasteiger partial charge in [0.25, 0.3) is 0 Å². The minimum Gasteiger partial charge on any atom is -0.481 e. The van der Waals surface area contributed by atoms with Crippen molar-refractivity contribution in [1.29, 1.82) is 0 Å². The fraction of sp³-hybridized carbons (Fsp3) is 0.467. The third kappa shape index (κ3) is 2.66. The fourth-order valence-electron chi connectivity index (χ4n) is 2.56. The molecule has 3 rings (SSSR count). The van der Waals surface area contributed by atoms with Crippen molar-refractivity contribution in [3.05, 3.63) is 35.6 Å². The van der Waals surface area contributed by atoms with Crippen molar-refractivity contribution in [2.24, 2.45) is 11.8 Å². The van der Waals surface area contributed by atoms with Crippen molar-refractivity contribution in [3.8, 4) is 0 Å². The third-order valence-electron chi connectivity index (χ3n) is 3.94. The molecular formula is C15H16FNO3. The van der Waals surface area contributed by atoms with Gasteiger partial charge >= 0.3 is 5.97 Å². The van der Waals surface area contributed by atoms with Crippen molar-refractivity contribution < 1.29 is 19.1 Å². The van der Waals surface area contributed by atoms with Crippen molar-refractivity contribution >= 4 is 11.9 Å². The topological polar surface area (TPSA) is 57.6 Å². The smallest absolute Gasteiger partial charge is 0.307 e. The molecule has 2 fully saturated rings. The molecular weight excluding hydrogens is 261 g/mol. The molecule has 4 nitrogen and oxygen atoms in total. The summed E-state index contributed by atoms with van der Waals surface area (Å²) in [7, 11) is 0. The van der Waals surface area contributed by atoms with Gasteiger partial charge < -0.3 is 10.0 Å². The molecule has 0 aromatic heterocycles. The summed E-state index contributed by atoms with van der Waals surface area (Å²) < 4.78 is 13.2. The second-order valence-electron chi connectivity index (χ2n) is 5.61. The molecule has 0 heterocycles. The maximum Gasteiger partial charge on any atom is 0.307 e. The summed E-state index contributed by atoms with van der Waals surface area (Å²) >= 11 is 0. The number of hydrogen-bond acceptors (Lipinski definition) is 2. The molecule has 2 aliphatic rings. The van der Waals surface area contributed by atoms with Gasteiger partial charge in [-0.15, -0.1) is 0 Å². The number of carboxylic acid groups (broad SMARTS) is 1. The summed E-state index contributed by atoms with van der Waals surface area (Å²) in [5, 5.41) is 8.91. The van der Waals surface area contributed by atoms with Crippen LogP contribution in [0.15, 0.2) is 24.3 Å². The van der Waals surface area contributed by atoms with Crippen LogP contribution in [0.3, 0.4) is 0 Å². The van der Waals surface area contributed by atoms with Crippen LogP contribution in [-0.4, -0.2) is 27.9 Å². The monoisotopic (exact) mass is 277 g/mol. The van der Waals surface area contributed by atoms with Crippen LogP contribution in [0.2, 0.25) is 0 Å². The number of carboxylic acids is 1. The Bertz CT molecular complexity index is 556. The van der Waals surface area contributed by atoms with Crippen LogP contribution < -0.4 is 0 Å². The fourth-order valence-corrected chi connectivity index (χ4v) is 2.56. The number of carbonyl (C=O) groups is 2. The van der Waals surface area contributed by atoms with Gasteiger partial charge in [0.05, 0.1) is 11.8 Å². The molecule has 2 unspecified atom stereocenters. The molecule has 1 aromatic carbocycles. The number of rotatable bonds is 5. The van der Waals surface area contributed by atoms with Gasteiger partial charge in [0.1, 0.15) is 5.82 Å². The standard InChI is InChI=1S/C15H16FNO3/c16-10-3-1-2-9(6-10)8-17(11-4-5-11)14(18)12-7-13(12)15(19)20/h1-3,6,11-13H,4-5,7-8H2,(H,19,20). The van der Waals surface area contributed by atoms with Gasteiger partial charge in [-0.1, -0.05) is 12.1 Å². The Morgan fingerprint density at radius 3 is 2.60 bits per heavy atom. The molecule has 1 aromatic rings. The van der Waals surface area contributed by atoms with E-state index < -0.39 is 11.9 Å². The lowest BCUT2D eigenvalue weighted by Gasteiger charge is -2.22. The van der Waals surface area contributed by atoms with Gasteiger partial charge in [0.2, 0.25) is 5.91 Å². The zero-order valence-electron chi connectivity index (χ0n) is 11.0. The quantitative estimate of drug-likeness (QED) is 0.896. The average molecular weight is 277 g/mol. The number of amides is 1. The van der Waals surface area contributed by atoms with Crippen molar-refractivity contribution in [3.63, 3.8) is 0 Å². The van der Waals surface area contributed by atoms with Gasteiger partial charge in [0, 0.05) is 12.6 Å². The van der Waals surface area contributed by atoms with E-state index in [1.807, 2.05) is 0 Å². The van der Waals surface area contributed by atoms with E-state index in [0.29, 0.717) is 13.0 Å². The second kappa shape index (κ2) is 4.89. The Kier molecular flexibility index (Phi) is 3.20. The molecule has 0 spiro atoms. The molecule has 2 atom stereocenters. The van der Waals surface area contributed by atoms with Crippen molar-refractivity contribution in [2.45, 2.75) is 31.8 Å². The van der Waals surface area contributed by atoms with Crippen LogP contribution >= 0.6 is 0 Å². The molecule has 0 radical (unpaired) electrons. The molecule has 5 heteroatoms. The van der Waals surface area contributed by atoms with Crippen LogP contribution in [0, 0.1) is 17.7 Å². The van der Waals surface area contributed by atoms with Crippen LogP contribution in [-0.2, 0) is 16.1 Å². The molecule has 1 N–H and O–H groups in total.